The Kier molecular flexibility index (Phi) is 5.09. The minimum Gasteiger partial charge on any atom is -0.466 e. The molecule has 0 aliphatic heterocycles. The molecule has 0 amide bonds. The summed E-state index contributed by atoms with van der Waals surface area (Å²) in [5.74, 6) is -0.238. The van der Waals surface area contributed by atoms with Crippen molar-refractivity contribution in [1.29, 1.82) is 0 Å². The lowest BCUT2D eigenvalue weighted by molar-refractivity contribution is -0.385. The van der Waals surface area contributed by atoms with E-state index in [9.17, 15) is 14.9 Å². The molecule has 1 aromatic rings. The maximum Gasteiger partial charge on any atom is 0.310 e. The van der Waals surface area contributed by atoms with Crippen LogP contribution in [-0.4, -0.2) is 17.5 Å². The fourth-order valence-corrected chi connectivity index (χ4v) is 1.79. The molecule has 0 aliphatic rings. The monoisotopic (exact) mass is 271 g/mol. The standard InChI is InChI=1S/C12H14ClNO4/c1-3-18-12(15)6-10-4-9(7-13)5-11(8(10)2)14(16)17/h4-5H,3,6-7H2,1-2H3. The Hall–Kier alpha value is -1.62. The second kappa shape index (κ2) is 6.35. The largest absolute Gasteiger partial charge is 0.466 e. The van der Waals surface area contributed by atoms with Crippen molar-refractivity contribution in [3.63, 3.8) is 0 Å². The minimum absolute atomic E-state index is 0.0191. The van der Waals surface area contributed by atoms with Gasteiger partial charge < -0.3 is 4.74 Å². The number of ether oxygens (including phenoxy) is 1. The second-order valence-electron chi connectivity index (χ2n) is 3.77. The summed E-state index contributed by atoms with van der Waals surface area (Å²) in [7, 11) is 0. The van der Waals surface area contributed by atoms with E-state index in [2.05, 4.69) is 0 Å². The molecule has 0 heterocycles. The SMILES string of the molecule is CCOC(=O)Cc1cc(CCl)cc([N+](=O)[O-])c1C. The number of esters is 1. The van der Waals surface area contributed by atoms with Gasteiger partial charge in [-0.3, -0.25) is 14.9 Å². The highest BCUT2D eigenvalue weighted by atomic mass is 35.5. The zero-order chi connectivity index (χ0) is 13.7. The van der Waals surface area contributed by atoms with Crippen molar-refractivity contribution in [2.45, 2.75) is 26.1 Å². The molecule has 98 valence electrons. The van der Waals surface area contributed by atoms with Gasteiger partial charge in [-0.2, -0.15) is 0 Å². The van der Waals surface area contributed by atoms with E-state index in [0.717, 1.165) is 0 Å². The molecule has 0 saturated heterocycles. The lowest BCUT2D eigenvalue weighted by Gasteiger charge is -2.08. The first-order valence-corrected chi connectivity index (χ1v) is 6.01. The Morgan fingerprint density at radius 2 is 2.17 bits per heavy atom. The van der Waals surface area contributed by atoms with Crippen molar-refractivity contribution >= 4 is 23.3 Å². The maximum absolute atomic E-state index is 11.4. The van der Waals surface area contributed by atoms with Gasteiger partial charge in [-0.05, 0) is 25.0 Å². The first-order chi connectivity index (χ1) is 8.49. The Morgan fingerprint density at radius 3 is 2.67 bits per heavy atom. The fraction of sp³-hybridized carbons (Fsp3) is 0.417. The summed E-state index contributed by atoms with van der Waals surface area (Å²) in [5.41, 5.74) is 1.65. The molecular weight excluding hydrogens is 258 g/mol. The van der Waals surface area contributed by atoms with Gasteiger partial charge in [-0.15, -0.1) is 11.6 Å². The van der Waals surface area contributed by atoms with Crippen molar-refractivity contribution in [1.82, 2.24) is 0 Å². The highest BCUT2D eigenvalue weighted by Gasteiger charge is 2.18. The number of halogens is 1. The van der Waals surface area contributed by atoms with E-state index < -0.39 is 10.9 Å². The van der Waals surface area contributed by atoms with Crippen molar-refractivity contribution in [3.8, 4) is 0 Å². The lowest BCUT2D eigenvalue weighted by atomic mass is 10.0. The number of hydrogen-bond acceptors (Lipinski definition) is 4. The number of rotatable bonds is 5. The van der Waals surface area contributed by atoms with Crippen LogP contribution in [0.5, 0.6) is 0 Å². The Morgan fingerprint density at radius 1 is 1.50 bits per heavy atom. The molecule has 6 heteroatoms. The average Bonchev–Trinajstić information content (AvgIpc) is 2.31. The van der Waals surface area contributed by atoms with Gasteiger partial charge in [0.05, 0.1) is 18.0 Å². The molecular formula is C12H14ClNO4. The van der Waals surface area contributed by atoms with E-state index in [1.807, 2.05) is 0 Å². The Bertz CT molecular complexity index is 473. The maximum atomic E-state index is 11.4. The molecule has 0 radical (unpaired) electrons. The molecule has 1 aromatic carbocycles. The van der Waals surface area contributed by atoms with Gasteiger partial charge in [-0.1, -0.05) is 6.07 Å². The van der Waals surface area contributed by atoms with Crippen LogP contribution < -0.4 is 0 Å². The van der Waals surface area contributed by atoms with Crippen molar-refractivity contribution < 1.29 is 14.5 Å². The summed E-state index contributed by atoms with van der Waals surface area (Å²) in [6, 6.07) is 3.13. The first-order valence-electron chi connectivity index (χ1n) is 5.48. The molecule has 0 aromatic heterocycles. The van der Waals surface area contributed by atoms with Crippen LogP contribution >= 0.6 is 11.6 Å². The van der Waals surface area contributed by atoms with Crippen LogP contribution in [0.15, 0.2) is 12.1 Å². The predicted molar refractivity (Wildman–Crippen MR) is 67.7 cm³/mol. The normalized spacial score (nSPS) is 10.2. The van der Waals surface area contributed by atoms with Crippen LogP contribution in [0.3, 0.4) is 0 Å². The fourth-order valence-electron chi connectivity index (χ4n) is 1.64. The minimum atomic E-state index is -0.472. The van der Waals surface area contributed by atoms with Gasteiger partial charge in [-0.25, -0.2) is 0 Å². The highest BCUT2D eigenvalue weighted by molar-refractivity contribution is 6.17. The van der Waals surface area contributed by atoms with E-state index in [1.165, 1.54) is 6.07 Å². The summed E-state index contributed by atoms with van der Waals surface area (Å²) in [4.78, 5) is 21.8. The van der Waals surface area contributed by atoms with E-state index in [4.69, 9.17) is 16.3 Å². The van der Waals surface area contributed by atoms with Crippen LogP contribution in [0.4, 0.5) is 5.69 Å². The molecule has 0 unspecified atom stereocenters. The number of nitro groups is 1. The van der Waals surface area contributed by atoms with Crippen molar-refractivity contribution in [3.05, 3.63) is 38.9 Å². The lowest BCUT2D eigenvalue weighted by Crippen LogP contribution is -2.09. The van der Waals surface area contributed by atoms with Gasteiger partial charge in [0.15, 0.2) is 0 Å². The smallest absolute Gasteiger partial charge is 0.310 e. The van der Waals surface area contributed by atoms with Crippen molar-refractivity contribution in [2.75, 3.05) is 6.61 Å². The van der Waals surface area contributed by atoms with E-state index in [0.29, 0.717) is 16.7 Å². The summed E-state index contributed by atoms with van der Waals surface area (Å²) in [5, 5.41) is 10.9. The van der Waals surface area contributed by atoms with E-state index in [-0.39, 0.29) is 24.6 Å². The van der Waals surface area contributed by atoms with Crippen LogP contribution in [0.25, 0.3) is 0 Å². The number of alkyl halides is 1. The van der Waals surface area contributed by atoms with Gasteiger partial charge in [0, 0.05) is 17.5 Å². The molecule has 5 nitrogen and oxygen atoms in total. The molecule has 0 saturated carbocycles. The van der Waals surface area contributed by atoms with Gasteiger partial charge in [0.2, 0.25) is 0 Å². The van der Waals surface area contributed by atoms with E-state index >= 15 is 0 Å². The predicted octanol–water partition coefficient (Wildman–Crippen LogP) is 2.75. The summed E-state index contributed by atoms with van der Waals surface area (Å²) in [6.45, 7) is 3.61. The van der Waals surface area contributed by atoms with Crippen LogP contribution in [0, 0.1) is 17.0 Å². The number of hydrogen-bond donors (Lipinski definition) is 0. The van der Waals surface area contributed by atoms with Crippen LogP contribution in [0.1, 0.15) is 23.6 Å². The molecule has 18 heavy (non-hydrogen) atoms. The van der Waals surface area contributed by atoms with Crippen molar-refractivity contribution in [2.24, 2.45) is 0 Å². The summed E-state index contributed by atoms with van der Waals surface area (Å²) < 4.78 is 4.83. The number of carbonyl (C=O) groups excluding carboxylic acids is 1. The molecule has 0 bridgehead atoms. The molecule has 0 fully saturated rings. The average molecular weight is 272 g/mol. The molecule has 0 aliphatic carbocycles. The molecule has 1 rings (SSSR count). The Labute approximate surface area is 110 Å². The molecule has 0 atom stereocenters. The van der Waals surface area contributed by atoms with E-state index in [1.54, 1.807) is 19.9 Å². The highest BCUT2D eigenvalue weighted by Crippen LogP contribution is 2.25. The number of benzene rings is 1. The zero-order valence-corrected chi connectivity index (χ0v) is 11.0. The van der Waals surface area contributed by atoms with Gasteiger partial charge in [0.25, 0.3) is 5.69 Å². The number of carbonyl (C=O) groups is 1. The van der Waals surface area contributed by atoms with Gasteiger partial charge >= 0.3 is 5.97 Å². The number of nitro benzene ring substituents is 1. The second-order valence-corrected chi connectivity index (χ2v) is 4.04. The van der Waals surface area contributed by atoms with Crippen LogP contribution in [0.2, 0.25) is 0 Å². The third-order valence-electron chi connectivity index (χ3n) is 2.54. The van der Waals surface area contributed by atoms with Crippen LogP contribution in [-0.2, 0) is 21.8 Å². The topological polar surface area (TPSA) is 69.4 Å². The summed E-state index contributed by atoms with van der Waals surface area (Å²) >= 11 is 5.69. The molecule has 0 spiro atoms. The first kappa shape index (κ1) is 14.4. The molecule has 0 N–H and O–H groups in total. The van der Waals surface area contributed by atoms with Gasteiger partial charge in [0.1, 0.15) is 0 Å². The Balaban J connectivity index is 3.13. The summed E-state index contributed by atoms with van der Waals surface area (Å²) in [6.07, 6.45) is 0.0191. The third kappa shape index (κ3) is 3.43. The number of nitrogens with zero attached hydrogens (tertiary/aromatic N) is 1. The third-order valence-corrected chi connectivity index (χ3v) is 2.85. The zero-order valence-electron chi connectivity index (χ0n) is 10.2. The quantitative estimate of drug-likeness (QED) is 0.357.